The number of hydrogen-bond donors (Lipinski definition) is 1. The normalized spacial score (nSPS) is 15.0. The third-order valence-corrected chi connectivity index (χ3v) is 5.36. The van der Waals surface area contributed by atoms with Crippen molar-refractivity contribution in [3.05, 3.63) is 48.3 Å². The van der Waals surface area contributed by atoms with Gasteiger partial charge in [-0.05, 0) is 49.6 Å². The van der Waals surface area contributed by atoms with Crippen LogP contribution in [0.1, 0.15) is 18.4 Å². The Kier molecular flexibility index (Phi) is 4.02. The zero-order valence-corrected chi connectivity index (χ0v) is 13.3. The summed E-state index contributed by atoms with van der Waals surface area (Å²) in [4.78, 5) is 6.39. The molecule has 1 aliphatic rings. The zero-order chi connectivity index (χ0) is 15.6. The third kappa shape index (κ3) is 3.06. The molecule has 1 aromatic carbocycles. The van der Waals surface area contributed by atoms with Gasteiger partial charge < -0.3 is 4.90 Å². The van der Waals surface area contributed by atoms with Gasteiger partial charge in [0.05, 0.1) is 5.69 Å². The number of rotatable bonds is 4. The van der Waals surface area contributed by atoms with E-state index in [-0.39, 0.29) is 4.90 Å². The molecule has 0 amide bonds. The van der Waals surface area contributed by atoms with Crippen LogP contribution in [0.25, 0.3) is 0 Å². The Morgan fingerprint density at radius 2 is 1.95 bits per heavy atom. The Labute approximate surface area is 131 Å². The van der Waals surface area contributed by atoms with Crippen LogP contribution >= 0.6 is 0 Å². The minimum absolute atomic E-state index is 0.210. The number of aryl methyl sites for hydroxylation is 1. The number of anilines is 2. The minimum atomic E-state index is -3.62. The molecule has 0 spiro atoms. The first-order chi connectivity index (χ1) is 10.6. The quantitative estimate of drug-likeness (QED) is 0.942. The molecule has 1 aromatic heterocycles. The fourth-order valence-electron chi connectivity index (χ4n) is 2.68. The summed E-state index contributed by atoms with van der Waals surface area (Å²) in [6, 6.07) is 9.23. The monoisotopic (exact) mass is 317 g/mol. The van der Waals surface area contributed by atoms with Crippen molar-refractivity contribution in [2.75, 3.05) is 22.7 Å². The number of nitrogens with one attached hydrogen (secondary N) is 1. The Morgan fingerprint density at radius 3 is 2.68 bits per heavy atom. The first-order valence-electron chi connectivity index (χ1n) is 7.35. The molecule has 2 aromatic rings. The van der Waals surface area contributed by atoms with E-state index >= 15 is 0 Å². The van der Waals surface area contributed by atoms with Crippen LogP contribution in [-0.4, -0.2) is 26.5 Å². The molecule has 0 aliphatic carbocycles. The maximum absolute atomic E-state index is 12.5. The van der Waals surface area contributed by atoms with E-state index in [0.717, 1.165) is 18.8 Å². The molecule has 116 valence electrons. The lowest BCUT2D eigenvalue weighted by atomic mass is 10.2. The van der Waals surface area contributed by atoms with Crippen LogP contribution in [0.5, 0.6) is 0 Å². The van der Waals surface area contributed by atoms with Crippen molar-refractivity contribution in [3.8, 4) is 0 Å². The number of benzene rings is 1. The summed E-state index contributed by atoms with van der Waals surface area (Å²) in [5.41, 5.74) is 2.31. The van der Waals surface area contributed by atoms with E-state index in [1.54, 1.807) is 25.3 Å². The van der Waals surface area contributed by atoms with Crippen LogP contribution in [0.15, 0.2) is 47.6 Å². The minimum Gasteiger partial charge on any atom is -0.371 e. The lowest BCUT2D eigenvalue weighted by molar-refractivity contribution is 0.600. The molecular weight excluding hydrogens is 298 g/mol. The molecule has 22 heavy (non-hydrogen) atoms. The van der Waals surface area contributed by atoms with E-state index < -0.39 is 10.0 Å². The van der Waals surface area contributed by atoms with Crippen molar-refractivity contribution in [1.82, 2.24) is 4.98 Å². The van der Waals surface area contributed by atoms with Gasteiger partial charge in [-0.3, -0.25) is 9.71 Å². The maximum atomic E-state index is 12.5. The SMILES string of the molecule is Cc1ccncc1S(=O)(=O)Nc1cccc(N2CCCC2)c1. The molecule has 6 heteroatoms. The van der Waals surface area contributed by atoms with E-state index in [1.165, 1.54) is 19.0 Å². The van der Waals surface area contributed by atoms with Crippen molar-refractivity contribution >= 4 is 21.4 Å². The highest BCUT2D eigenvalue weighted by molar-refractivity contribution is 7.92. The highest BCUT2D eigenvalue weighted by Gasteiger charge is 2.18. The van der Waals surface area contributed by atoms with Gasteiger partial charge in [0.25, 0.3) is 10.0 Å². The summed E-state index contributed by atoms with van der Waals surface area (Å²) in [7, 11) is -3.62. The predicted molar refractivity (Wildman–Crippen MR) is 87.7 cm³/mol. The summed E-state index contributed by atoms with van der Waals surface area (Å²) in [6.45, 7) is 3.81. The van der Waals surface area contributed by atoms with Crippen molar-refractivity contribution in [3.63, 3.8) is 0 Å². The molecule has 2 heterocycles. The molecule has 5 nitrogen and oxygen atoms in total. The highest BCUT2D eigenvalue weighted by Crippen LogP contribution is 2.25. The topological polar surface area (TPSA) is 62.3 Å². The predicted octanol–water partition coefficient (Wildman–Crippen LogP) is 2.79. The Balaban J connectivity index is 1.86. The first kappa shape index (κ1) is 14.8. The number of pyridine rings is 1. The van der Waals surface area contributed by atoms with Crippen molar-refractivity contribution < 1.29 is 8.42 Å². The molecule has 3 rings (SSSR count). The Bertz CT molecular complexity index is 768. The fraction of sp³-hybridized carbons (Fsp3) is 0.312. The van der Waals surface area contributed by atoms with E-state index in [2.05, 4.69) is 14.6 Å². The molecule has 1 N–H and O–H groups in total. The third-order valence-electron chi connectivity index (χ3n) is 3.85. The second kappa shape index (κ2) is 5.96. The summed E-state index contributed by atoms with van der Waals surface area (Å²) in [5.74, 6) is 0. The average Bonchev–Trinajstić information content (AvgIpc) is 3.01. The molecule has 1 aliphatic heterocycles. The number of nitrogens with zero attached hydrogens (tertiary/aromatic N) is 2. The van der Waals surface area contributed by atoms with Gasteiger partial charge in [-0.25, -0.2) is 8.42 Å². The molecule has 1 saturated heterocycles. The van der Waals surface area contributed by atoms with Crippen LogP contribution in [0, 0.1) is 6.92 Å². The lowest BCUT2D eigenvalue weighted by Crippen LogP contribution is -2.18. The molecule has 0 atom stereocenters. The van der Waals surface area contributed by atoms with E-state index in [1.807, 2.05) is 18.2 Å². The van der Waals surface area contributed by atoms with Crippen molar-refractivity contribution in [2.24, 2.45) is 0 Å². The average molecular weight is 317 g/mol. The summed E-state index contributed by atoms with van der Waals surface area (Å²) in [5, 5.41) is 0. The van der Waals surface area contributed by atoms with Crippen LogP contribution in [-0.2, 0) is 10.0 Å². The van der Waals surface area contributed by atoms with E-state index in [9.17, 15) is 8.42 Å². The van der Waals surface area contributed by atoms with Gasteiger partial charge in [-0.2, -0.15) is 0 Å². The zero-order valence-electron chi connectivity index (χ0n) is 12.5. The lowest BCUT2D eigenvalue weighted by Gasteiger charge is -2.18. The van der Waals surface area contributed by atoms with Crippen LogP contribution in [0.3, 0.4) is 0 Å². The van der Waals surface area contributed by atoms with Crippen molar-refractivity contribution in [2.45, 2.75) is 24.7 Å². The number of sulfonamides is 1. The smallest absolute Gasteiger partial charge is 0.263 e. The molecule has 0 bridgehead atoms. The second-order valence-electron chi connectivity index (χ2n) is 5.49. The van der Waals surface area contributed by atoms with E-state index in [0.29, 0.717) is 11.3 Å². The standard InChI is InChI=1S/C16H19N3O2S/c1-13-7-8-17-12-16(13)22(20,21)18-14-5-4-6-15(11-14)19-9-2-3-10-19/h4-8,11-12,18H,2-3,9-10H2,1H3. The molecular formula is C16H19N3O2S. The maximum Gasteiger partial charge on any atom is 0.263 e. The highest BCUT2D eigenvalue weighted by atomic mass is 32.2. The van der Waals surface area contributed by atoms with Gasteiger partial charge in [0, 0.05) is 31.2 Å². The van der Waals surface area contributed by atoms with E-state index in [4.69, 9.17) is 0 Å². The summed E-state index contributed by atoms with van der Waals surface area (Å²) < 4.78 is 27.6. The van der Waals surface area contributed by atoms with Gasteiger partial charge in [-0.15, -0.1) is 0 Å². The Hall–Kier alpha value is -2.08. The first-order valence-corrected chi connectivity index (χ1v) is 8.83. The van der Waals surface area contributed by atoms with Crippen LogP contribution in [0.2, 0.25) is 0 Å². The second-order valence-corrected chi connectivity index (χ2v) is 7.14. The van der Waals surface area contributed by atoms with Gasteiger partial charge in [0.1, 0.15) is 4.90 Å². The largest absolute Gasteiger partial charge is 0.371 e. The van der Waals surface area contributed by atoms with Crippen LogP contribution in [0.4, 0.5) is 11.4 Å². The number of aromatic nitrogens is 1. The van der Waals surface area contributed by atoms with Crippen LogP contribution < -0.4 is 9.62 Å². The molecule has 0 radical (unpaired) electrons. The summed E-state index contributed by atoms with van der Waals surface area (Å²) in [6.07, 6.45) is 5.33. The van der Waals surface area contributed by atoms with Crippen molar-refractivity contribution in [1.29, 1.82) is 0 Å². The Morgan fingerprint density at radius 1 is 1.18 bits per heavy atom. The van der Waals surface area contributed by atoms with Gasteiger partial charge in [0.2, 0.25) is 0 Å². The van der Waals surface area contributed by atoms with Gasteiger partial charge in [-0.1, -0.05) is 6.07 Å². The molecule has 0 unspecified atom stereocenters. The van der Waals surface area contributed by atoms with Gasteiger partial charge in [0.15, 0.2) is 0 Å². The van der Waals surface area contributed by atoms with Gasteiger partial charge >= 0.3 is 0 Å². The number of hydrogen-bond acceptors (Lipinski definition) is 4. The summed E-state index contributed by atoms with van der Waals surface area (Å²) >= 11 is 0. The molecule has 1 fully saturated rings. The fourth-order valence-corrected chi connectivity index (χ4v) is 3.92. The molecule has 0 saturated carbocycles.